The minimum absolute atomic E-state index is 0.0428. The van der Waals surface area contributed by atoms with Gasteiger partial charge in [-0.3, -0.25) is 4.79 Å². The van der Waals surface area contributed by atoms with Gasteiger partial charge in [0.2, 0.25) is 6.29 Å². The molecule has 9 aliphatic rings. The molecule has 4 aliphatic heterocycles. The zero-order chi connectivity index (χ0) is 54.0. The standard InChI is InChI=1S/C52H84O22/c1-23-36(71-41-34(61)31(58)27(57)19-67-41)37(72-44-40(64)52(66,21-55)22-68-44)35(62)42(69-23)73-38-33(60)32(59)28(18-53)70-43(38)74-45(65)51-14-12-46(2,3)16-25(51)24-8-9-30-47(4)17-26(56)39(63)48(5,20-54)29(47)10-11-50(30,7)49(24,6)13-15-51/h8,23,25-44,53-64,66H,9-22H2,1-7H3. The number of esters is 1. The lowest BCUT2D eigenvalue weighted by Gasteiger charge is -2.71. The molecule has 4 heterocycles. The van der Waals surface area contributed by atoms with Crippen molar-refractivity contribution in [3.63, 3.8) is 0 Å². The Bertz CT molecular complexity index is 2060. The second-order valence-corrected chi connectivity index (χ2v) is 25.5. The van der Waals surface area contributed by atoms with Gasteiger partial charge in [-0.1, -0.05) is 53.2 Å². The third-order valence-electron chi connectivity index (χ3n) is 20.8. The number of hydrogen-bond donors (Lipinski definition) is 13. The second kappa shape index (κ2) is 20.2. The van der Waals surface area contributed by atoms with Gasteiger partial charge in [-0.15, -0.1) is 0 Å². The topological polar surface area (TPSA) is 354 Å². The number of fused-ring (bicyclic) bond motifs is 7. The Morgan fingerprint density at radius 1 is 0.662 bits per heavy atom. The maximum atomic E-state index is 15.5. The molecule has 0 amide bonds. The Morgan fingerprint density at radius 2 is 1.34 bits per heavy atom. The predicted octanol–water partition coefficient (Wildman–Crippen LogP) is -1.78. The first-order chi connectivity index (χ1) is 34.6. The molecule has 0 radical (unpaired) electrons. The van der Waals surface area contributed by atoms with Crippen molar-refractivity contribution in [3.05, 3.63) is 11.6 Å². The van der Waals surface area contributed by atoms with Gasteiger partial charge in [0.05, 0.1) is 56.8 Å². The van der Waals surface area contributed by atoms with Crippen LogP contribution in [0.2, 0.25) is 0 Å². The van der Waals surface area contributed by atoms with Gasteiger partial charge < -0.3 is 104 Å². The summed E-state index contributed by atoms with van der Waals surface area (Å²) in [6.45, 7) is 11.6. The highest BCUT2D eigenvalue weighted by Gasteiger charge is 2.71. The molecule has 0 spiro atoms. The minimum atomic E-state index is -2.16. The van der Waals surface area contributed by atoms with E-state index < -0.39 is 170 Å². The number of allylic oxidation sites excluding steroid dienone is 2. The highest BCUT2D eigenvalue weighted by Crippen LogP contribution is 2.76. The van der Waals surface area contributed by atoms with Crippen molar-refractivity contribution in [3.8, 4) is 0 Å². The van der Waals surface area contributed by atoms with E-state index in [-0.39, 0.29) is 35.2 Å². The van der Waals surface area contributed by atoms with Crippen molar-refractivity contribution < 1.29 is 109 Å². The summed E-state index contributed by atoms with van der Waals surface area (Å²) in [5, 5.41) is 142. The second-order valence-electron chi connectivity index (χ2n) is 25.5. The number of hydrogen-bond acceptors (Lipinski definition) is 22. The number of aliphatic hydroxyl groups is 13. The maximum Gasteiger partial charge on any atom is 0.315 e. The molecule has 27 atom stereocenters. The lowest BCUT2D eigenvalue weighted by Crippen LogP contribution is -2.68. The highest BCUT2D eigenvalue weighted by molar-refractivity contribution is 5.79. The van der Waals surface area contributed by atoms with Crippen LogP contribution in [0.5, 0.6) is 0 Å². The van der Waals surface area contributed by atoms with Crippen molar-refractivity contribution in [2.24, 2.45) is 50.2 Å². The number of carbonyl (C=O) groups excluding carboxylic acids is 1. The third-order valence-corrected chi connectivity index (χ3v) is 20.8. The maximum absolute atomic E-state index is 15.5. The average molecular weight is 1060 g/mol. The molecule has 424 valence electrons. The molecule has 13 N–H and O–H groups in total. The van der Waals surface area contributed by atoms with Gasteiger partial charge in [0, 0.05) is 5.41 Å². The summed E-state index contributed by atoms with van der Waals surface area (Å²) in [6.07, 6.45) is -21.4. The molecule has 27 unspecified atom stereocenters. The molecule has 0 aromatic rings. The highest BCUT2D eigenvalue weighted by atomic mass is 16.8. The van der Waals surface area contributed by atoms with E-state index in [0.717, 1.165) is 18.4 Å². The fourth-order valence-corrected chi connectivity index (χ4v) is 16.0. The Balaban J connectivity index is 1.00. The van der Waals surface area contributed by atoms with Crippen LogP contribution < -0.4 is 0 Å². The van der Waals surface area contributed by atoms with Crippen LogP contribution in [0.3, 0.4) is 0 Å². The van der Waals surface area contributed by atoms with Gasteiger partial charge in [0.15, 0.2) is 25.0 Å². The first-order valence-electron chi connectivity index (χ1n) is 26.7. The Hall–Kier alpha value is -1.59. The van der Waals surface area contributed by atoms with Crippen LogP contribution in [0.1, 0.15) is 106 Å². The lowest BCUT2D eigenvalue weighted by atomic mass is 9.33. The predicted molar refractivity (Wildman–Crippen MR) is 252 cm³/mol. The summed E-state index contributed by atoms with van der Waals surface area (Å²) in [6, 6.07) is 0. The van der Waals surface area contributed by atoms with Crippen LogP contribution in [0.15, 0.2) is 11.6 Å². The molecule has 9 rings (SSSR count). The summed E-state index contributed by atoms with van der Waals surface area (Å²) < 4.78 is 47.9. The molecule has 22 nitrogen and oxygen atoms in total. The molecule has 4 saturated carbocycles. The van der Waals surface area contributed by atoms with Crippen LogP contribution in [0.4, 0.5) is 0 Å². The van der Waals surface area contributed by atoms with Gasteiger partial charge in [-0.2, -0.15) is 0 Å². The van der Waals surface area contributed by atoms with Gasteiger partial charge in [-0.05, 0) is 104 Å². The summed E-state index contributed by atoms with van der Waals surface area (Å²) in [5.41, 5.74) is -4.27. The van der Waals surface area contributed by atoms with E-state index in [9.17, 15) is 66.4 Å². The Kier molecular flexibility index (Phi) is 15.6. The summed E-state index contributed by atoms with van der Waals surface area (Å²) in [7, 11) is 0. The number of ether oxygens (including phenoxy) is 8. The summed E-state index contributed by atoms with van der Waals surface area (Å²) >= 11 is 0. The Morgan fingerprint density at radius 3 is 2.00 bits per heavy atom. The molecule has 22 heteroatoms. The van der Waals surface area contributed by atoms with Gasteiger partial charge in [-0.25, -0.2) is 0 Å². The molecule has 0 aromatic carbocycles. The third kappa shape index (κ3) is 8.88. The van der Waals surface area contributed by atoms with E-state index in [1.807, 2.05) is 6.92 Å². The Labute approximate surface area is 431 Å². The molecular weight excluding hydrogens is 977 g/mol. The van der Waals surface area contributed by atoms with E-state index in [1.165, 1.54) is 6.92 Å². The zero-order valence-corrected chi connectivity index (χ0v) is 43.6. The molecular formula is C52H84O22. The fraction of sp³-hybridized carbons (Fsp3) is 0.942. The smallest absolute Gasteiger partial charge is 0.315 e. The van der Waals surface area contributed by atoms with Gasteiger partial charge >= 0.3 is 5.97 Å². The van der Waals surface area contributed by atoms with Crippen molar-refractivity contribution in [2.75, 3.05) is 33.0 Å². The van der Waals surface area contributed by atoms with Crippen molar-refractivity contribution >= 4 is 5.97 Å². The lowest BCUT2D eigenvalue weighted by molar-refractivity contribution is -0.385. The number of aliphatic hydroxyl groups excluding tert-OH is 12. The molecule has 4 saturated heterocycles. The van der Waals surface area contributed by atoms with E-state index in [0.29, 0.717) is 44.9 Å². The molecule has 0 aromatic heterocycles. The van der Waals surface area contributed by atoms with Crippen LogP contribution in [0, 0.1) is 50.2 Å². The molecule has 5 aliphatic carbocycles. The van der Waals surface area contributed by atoms with E-state index in [2.05, 4.69) is 40.7 Å². The number of carbonyl (C=O) groups is 1. The quantitative estimate of drug-likeness (QED) is 0.0803. The monoisotopic (exact) mass is 1060 g/mol. The summed E-state index contributed by atoms with van der Waals surface area (Å²) in [5.74, 6) is -0.898. The molecule has 74 heavy (non-hydrogen) atoms. The van der Waals surface area contributed by atoms with Crippen LogP contribution >= 0.6 is 0 Å². The van der Waals surface area contributed by atoms with E-state index >= 15 is 4.79 Å². The minimum Gasteiger partial charge on any atom is -0.432 e. The first kappa shape index (κ1) is 57.1. The van der Waals surface area contributed by atoms with Crippen molar-refractivity contribution in [1.82, 2.24) is 0 Å². The largest absolute Gasteiger partial charge is 0.432 e. The first-order valence-corrected chi connectivity index (χ1v) is 26.7. The zero-order valence-electron chi connectivity index (χ0n) is 43.6. The van der Waals surface area contributed by atoms with Crippen LogP contribution in [-0.4, -0.2) is 222 Å². The van der Waals surface area contributed by atoms with E-state index in [1.54, 1.807) is 0 Å². The van der Waals surface area contributed by atoms with Crippen molar-refractivity contribution in [2.45, 2.75) is 222 Å². The van der Waals surface area contributed by atoms with Crippen LogP contribution in [-0.2, 0) is 42.7 Å². The summed E-state index contributed by atoms with van der Waals surface area (Å²) in [4.78, 5) is 15.5. The van der Waals surface area contributed by atoms with Crippen LogP contribution in [0.25, 0.3) is 0 Å². The fourth-order valence-electron chi connectivity index (χ4n) is 16.0. The van der Waals surface area contributed by atoms with Crippen molar-refractivity contribution in [1.29, 1.82) is 0 Å². The van der Waals surface area contributed by atoms with E-state index in [4.69, 9.17) is 37.9 Å². The normalized spacial score (nSPS) is 55.2. The average Bonchev–Trinajstić information content (AvgIpc) is 3.64. The molecule has 0 bridgehead atoms. The SMILES string of the molecule is CC1OC(OC2C(OC(=O)C34CCC(C)(C)CC3C3=CCC5C6(C)CC(O)C(O)C(C)(CO)C6CCC5(C)C3(C)CC4)OC(CO)C(O)C2O)C(O)C(OC2OCC(O)(CO)C2O)C1OC1OCC(O)C(O)C1O. The molecule has 8 fully saturated rings. The van der Waals surface area contributed by atoms with Gasteiger partial charge in [0.25, 0.3) is 0 Å². The number of rotatable bonds is 11. The van der Waals surface area contributed by atoms with Gasteiger partial charge in [0.1, 0.15) is 66.6 Å².